The van der Waals surface area contributed by atoms with Crippen LogP contribution in [0.25, 0.3) is 10.8 Å². The molecule has 3 rings (SSSR count). The molecule has 100 valence electrons. The fourth-order valence-electron chi connectivity index (χ4n) is 2.10. The molecule has 20 heavy (non-hydrogen) atoms. The van der Waals surface area contributed by atoms with Crippen LogP contribution in [0.1, 0.15) is 0 Å². The zero-order valence-electron chi connectivity index (χ0n) is 10.3. The Morgan fingerprint density at radius 1 is 0.800 bits per heavy atom. The molecule has 4 heteroatoms. The van der Waals surface area contributed by atoms with Gasteiger partial charge in [0.25, 0.3) is 0 Å². The third kappa shape index (κ3) is 2.53. The molecule has 0 aliphatic rings. The van der Waals surface area contributed by atoms with E-state index in [2.05, 4.69) is 0 Å². The SMILES string of the molecule is O=[Se](c1ccc(Cl)cc1)c1cccc2cccc(Cl)c12. The molecule has 0 spiro atoms. The van der Waals surface area contributed by atoms with Gasteiger partial charge in [0.05, 0.1) is 0 Å². The summed E-state index contributed by atoms with van der Waals surface area (Å²) in [6.45, 7) is 0. The van der Waals surface area contributed by atoms with Crippen molar-refractivity contribution in [1.29, 1.82) is 0 Å². The van der Waals surface area contributed by atoms with E-state index >= 15 is 0 Å². The Morgan fingerprint density at radius 2 is 1.45 bits per heavy atom. The fraction of sp³-hybridized carbons (Fsp3) is 0. The van der Waals surface area contributed by atoms with Gasteiger partial charge < -0.3 is 0 Å². The Bertz CT molecular complexity index is 792. The molecule has 3 aromatic rings. The number of fused-ring (bicyclic) bond motifs is 1. The van der Waals surface area contributed by atoms with Gasteiger partial charge in [0.15, 0.2) is 0 Å². The summed E-state index contributed by atoms with van der Waals surface area (Å²) < 4.78 is 14.5. The second kappa shape index (κ2) is 5.67. The summed E-state index contributed by atoms with van der Waals surface area (Å²) >= 11 is 9.80. The molecule has 0 aliphatic heterocycles. The number of halogens is 2. The summed E-state index contributed by atoms with van der Waals surface area (Å²) in [6.07, 6.45) is 0. The zero-order valence-corrected chi connectivity index (χ0v) is 13.6. The van der Waals surface area contributed by atoms with Crippen molar-refractivity contribution in [2.75, 3.05) is 0 Å². The second-order valence-electron chi connectivity index (χ2n) is 4.32. The first-order valence-corrected chi connectivity index (χ1v) is 9.18. The van der Waals surface area contributed by atoms with Crippen LogP contribution in [0.4, 0.5) is 0 Å². The first kappa shape index (κ1) is 13.8. The molecular weight excluding hydrogens is 358 g/mol. The van der Waals surface area contributed by atoms with E-state index in [1.165, 1.54) is 0 Å². The van der Waals surface area contributed by atoms with Gasteiger partial charge in [-0.15, -0.1) is 0 Å². The minimum atomic E-state index is -2.36. The molecule has 1 nitrogen and oxygen atoms in total. The maximum atomic E-state index is 12.8. The Balaban J connectivity index is 2.19. The van der Waals surface area contributed by atoms with E-state index < -0.39 is 13.8 Å². The molecule has 0 aromatic heterocycles. The van der Waals surface area contributed by atoms with Gasteiger partial charge in [-0.25, -0.2) is 0 Å². The first-order chi connectivity index (χ1) is 9.66. The normalized spacial score (nSPS) is 12.5. The van der Waals surface area contributed by atoms with E-state index in [0.29, 0.717) is 10.0 Å². The monoisotopic (exact) mass is 368 g/mol. The summed E-state index contributed by atoms with van der Waals surface area (Å²) in [4.78, 5) is 0. The van der Waals surface area contributed by atoms with E-state index in [1.54, 1.807) is 12.1 Å². The Morgan fingerprint density at radius 3 is 2.15 bits per heavy atom. The molecular formula is C16H10Cl2OSe. The summed E-state index contributed by atoms with van der Waals surface area (Å²) in [7, 11) is 0. The van der Waals surface area contributed by atoms with Gasteiger partial charge in [-0.1, -0.05) is 0 Å². The van der Waals surface area contributed by atoms with Gasteiger partial charge in [0.2, 0.25) is 0 Å². The molecule has 0 saturated heterocycles. The van der Waals surface area contributed by atoms with Crippen LogP contribution in [0, 0.1) is 0 Å². The standard InChI is InChI=1S/C16H10Cl2OSe/c17-12-7-9-13(10-8-12)20(19)15-6-2-4-11-3-1-5-14(18)16(11)15/h1-10H. The van der Waals surface area contributed by atoms with Crippen LogP contribution in [0.3, 0.4) is 0 Å². The molecule has 0 aliphatic carbocycles. The third-order valence-electron chi connectivity index (χ3n) is 3.04. The zero-order chi connectivity index (χ0) is 14.1. The second-order valence-corrected chi connectivity index (χ2v) is 8.20. The Labute approximate surface area is 131 Å². The van der Waals surface area contributed by atoms with Crippen LogP contribution in [0.15, 0.2) is 60.7 Å². The van der Waals surface area contributed by atoms with E-state index in [-0.39, 0.29) is 0 Å². The fourth-order valence-corrected chi connectivity index (χ4v) is 5.27. The predicted molar refractivity (Wildman–Crippen MR) is 86.1 cm³/mol. The molecule has 1 unspecified atom stereocenters. The van der Waals surface area contributed by atoms with Crippen molar-refractivity contribution in [3.63, 3.8) is 0 Å². The topological polar surface area (TPSA) is 17.1 Å². The molecule has 0 heterocycles. The quantitative estimate of drug-likeness (QED) is 0.631. The van der Waals surface area contributed by atoms with Gasteiger partial charge in [0, 0.05) is 0 Å². The van der Waals surface area contributed by atoms with Gasteiger partial charge in [0.1, 0.15) is 0 Å². The van der Waals surface area contributed by atoms with Crippen LogP contribution >= 0.6 is 23.2 Å². The Hall–Kier alpha value is -1.18. The van der Waals surface area contributed by atoms with Crippen molar-refractivity contribution < 1.29 is 3.83 Å². The van der Waals surface area contributed by atoms with Gasteiger partial charge in [-0.2, -0.15) is 0 Å². The average Bonchev–Trinajstić information content (AvgIpc) is 2.47. The molecule has 0 radical (unpaired) electrons. The van der Waals surface area contributed by atoms with E-state index in [1.807, 2.05) is 48.5 Å². The van der Waals surface area contributed by atoms with E-state index in [0.717, 1.165) is 19.7 Å². The number of hydrogen-bond acceptors (Lipinski definition) is 1. The molecule has 3 aromatic carbocycles. The van der Waals surface area contributed by atoms with Crippen LogP contribution in [0.5, 0.6) is 0 Å². The Kier molecular flexibility index (Phi) is 3.91. The molecule has 0 N–H and O–H groups in total. The number of hydrogen-bond donors (Lipinski definition) is 0. The predicted octanol–water partition coefficient (Wildman–Crippen LogP) is 3.68. The van der Waals surface area contributed by atoms with E-state index in [9.17, 15) is 3.83 Å². The summed E-state index contributed by atoms with van der Waals surface area (Å²) in [5.74, 6) is 0. The molecule has 0 bridgehead atoms. The van der Waals surface area contributed by atoms with Crippen molar-refractivity contribution >= 4 is 56.7 Å². The van der Waals surface area contributed by atoms with Crippen molar-refractivity contribution in [3.05, 3.63) is 70.7 Å². The van der Waals surface area contributed by atoms with Crippen molar-refractivity contribution in [3.8, 4) is 0 Å². The molecule has 0 saturated carbocycles. The third-order valence-corrected chi connectivity index (χ3v) is 6.63. The minimum absolute atomic E-state index is 0.636. The average molecular weight is 368 g/mol. The van der Waals surface area contributed by atoms with Gasteiger partial charge in [-0.3, -0.25) is 0 Å². The van der Waals surface area contributed by atoms with Gasteiger partial charge in [-0.05, 0) is 0 Å². The summed E-state index contributed by atoms with van der Waals surface area (Å²) in [6, 6.07) is 18.6. The molecule has 0 amide bonds. The first-order valence-electron chi connectivity index (χ1n) is 6.01. The van der Waals surface area contributed by atoms with Crippen molar-refractivity contribution in [2.45, 2.75) is 0 Å². The van der Waals surface area contributed by atoms with E-state index in [4.69, 9.17) is 23.2 Å². The summed E-state index contributed by atoms with van der Waals surface area (Å²) in [5, 5.41) is 3.17. The maximum absolute atomic E-state index is 12.8. The van der Waals surface area contributed by atoms with Crippen molar-refractivity contribution in [2.24, 2.45) is 0 Å². The van der Waals surface area contributed by atoms with Gasteiger partial charge >= 0.3 is 131 Å². The number of benzene rings is 3. The van der Waals surface area contributed by atoms with Crippen LogP contribution < -0.4 is 8.92 Å². The summed E-state index contributed by atoms with van der Waals surface area (Å²) in [5.41, 5.74) is 0. The molecule has 0 fully saturated rings. The number of rotatable bonds is 2. The van der Waals surface area contributed by atoms with Crippen LogP contribution in [-0.2, 0) is 3.83 Å². The van der Waals surface area contributed by atoms with Crippen molar-refractivity contribution in [1.82, 2.24) is 0 Å². The molecule has 1 atom stereocenters. The van der Waals surface area contributed by atoms with Crippen LogP contribution in [-0.4, -0.2) is 13.8 Å². The van der Waals surface area contributed by atoms with Crippen LogP contribution in [0.2, 0.25) is 10.0 Å².